The van der Waals surface area contributed by atoms with Crippen molar-refractivity contribution in [2.24, 2.45) is 5.73 Å². The molecule has 0 aromatic heterocycles. The minimum atomic E-state index is -4.03. The van der Waals surface area contributed by atoms with Crippen LogP contribution >= 0.6 is 0 Å². The van der Waals surface area contributed by atoms with Gasteiger partial charge in [0.15, 0.2) is 5.76 Å². The van der Waals surface area contributed by atoms with E-state index in [1.807, 2.05) is 6.07 Å². The highest BCUT2D eigenvalue weighted by Crippen LogP contribution is 2.50. The molecule has 0 amide bonds. The van der Waals surface area contributed by atoms with E-state index in [4.69, 9.17) is 10.5 Å². The lowest BCUT2D eigenvalue weighted by Gasteiger charge is -2.36. The number of rotatable bonds is 1. The molecule has 2 aromatic rings. The number of sulfonamides is 1. The quantitative estimate of drug-likeness (QED) is 0.817. The van der Waals surface area contributed by atoms with Crippen molar-refractivity contribution in [2.75, 3.05) is 11.4 Å². The van der Waals surface area contributed by atoms with Crippen molar-refractivity contribution in [1.82, 2.24) is 0 Å². The standard InChI is InChI=1S/C19H14FN3O3S/c1-23-15-8-3-2-7-13(15)17-18(27(23,24)25)16(14(10-21)19(22)26-17)11-5-4-6-12(20)9-11/h2-9,16H,22H2,1H3/t16-/m1/s1. The van der Waals surface area contributed by atoms with Crippen molar-refractivity contribution < 1.29 is 17.5 Å². The summed E-state index contributed by atoms with van der Waals surface area (Å²) < 4.78 is 47.1. The van der Waals surface area contributed by atoms with Gasteiger partial charge in [0.2, 0.25) is 5.88 Å². The SMILES string of the molecule is CN1c2ccccc2C2=C([C@H](c3cccc(F)c3)C(C#N)=C(N)O2)S1(=O)=O. The monoisotopic (exact) mass is 383 g/mol. The van der Waals surface area contributed by atoms with E-state index in [1.54, 1.807) is 30.3 Å². The maximum atomic E-state index is 13.8. The zero-order valence-corrected chi connectivity index (χ0v) is 15.0. The van der Waals surface area contributed by atoms with Crippen LogP contribution in [-0.2, 0) is 14.8 Å². The molecular formula is C19H14FN3O3S. The first kappa shape index (κ1) is 17.1. The summed E-state index contributed by atoms with van der Waals surface area (Å²) in [5.74, 6) is -1.73. The Morgan fingerprint density at radius 1 is 1.22 bits per heavy atom. The number of nitrogens with two attached hydrogens (primary N) is 1. The number of halogens is 1. The third-order valence-electron chi connectivity index (χ3n) is 4.68. The van der Waals surface area contributed by atoms with Crippen LogP contribution in [0.4, 0.5) is 10.1 Å². The highest BCUT2D eigenvalue weighted by Gasteiger charge is 2.46. The molecule has 0 aliphatic carbocycles. The van der Waals surface area contributed by atoms with E-state index >= 15 is 0 Å². The Labute approximate surface area is 155 Å². The Balaban J connectivity index is 2.09. The fourth-order valence-corrected chi connectivity index (χ4v) is 5.07. The van der Waals surface area contributed by atoms with Gasteiger partial charge in [0.25, 0.3) is 10.0 Å². The van der Waals surface area contributed by atoms with Crippen LogP contribution in [-0.4, -0.2) is 15.5 Å². The summed E-state index contributed by atoms with van der Waals surface area (Å²) in [5, 5.41) is 9.59. The van der Waals surface area contributed by atoms with Crippen LogP contribution in [0.25, 0.3) is 5.76 Å². The van der Waals surface area contributed by atoms with Crippen LogP contribution < -0.4 is 10.0 Å². The summed E-state index contributed by atoms with van der Waals surface area (Å²) in [6, 6.07) is 14.2. The van der Waals surface area contributed by atoms with Gasteiger partial charge in [0, 0.05) is 12.6 Å². The molecule has 136 valence electrons. The second-order valence-corrected chi connectivity index (χ2v) is 8.10. The number of nitrogens with zero attached hydrogens (tertiary/aromatic N) is 2. The first-order valence-corrected chi connectivity index (χ1v) is 9.46. The van der Waals surface area contributed by atoms with Crippen LogP contribution in [0.3, 0.4) is 0 Å². The minimum absolute atomic E-state index is 0.0643. The molecule has 0 bridgehead atoms. The summed E-state index contributed by atoms with van der Waals surface area (Å²) in [6.45, 7) is 0. The number of hydrogen-bond donors (Lipinski definition) is 1. The summed E-state index contributed by atoms with van der Waals surface area (Å²) in [7, 11) is -2.60. The molecule has 2 N–H and O–H groups in total. The molecule has 4 rings (SSSR count). The number of nitriles is 1. The average Bonchev–Trinajstić information content (AvgIpc) is 2.65. The van der Waals surface area contributed by atoms with Gasteiger partial charge < -0.3 is 10.5 Å². The molecule has 0 unspecified atom stereocenters. The Morgan fingerprint density at radius 3 is 2.67 bits per heavy atom. The Morgan fingerprint density at radius 2 is 1.96 bits per heavy atom. The summed E-state index contributed by atoms with van der Waals surface area (Å²) >= 11 is 0. The van der Waals surface area contributed by atoms with Gasteiger partial charge in [0.05, 0.1) is 11.6 Å². The zero-order valence-electron chi connectivity index (χ0n) is 14.2. The molecule has 2 aliphatic rings. The van der Waals surface area contributed by atoms with E-state index < -0.39 is 21.8 Å². The number of benzene rings is 2. The van der Waals surface area contributed by atoms with Crippen molar-refractivity contribution in [2.45, 2.75) is 5.92 Å². The van der Waals surface area contributed by atoms with Gasteiger partial charge >= 0.3 is 0 Å². The van der Waals surface area contributed by atoms with Gasteiger partial charge in [-0.1, -0.05) is 24.3 Å². The van der Waals surface area contributed by atoms with Gasteiger partial charge in [0.1, 0.15) is 22.4 Å². The van der Waals surface area contributed by atoms with Crippen molar-refractivity contribution in [3.8, 4) is 6.07 Å². The Bertz CT molecular complexity index is 1180. The molecule has 2 aliphatic heterocycles. The Kier molecular flexibility index (Phi) is 3.71. The molecule has 0 fully saturated rings. The maximum Gasteiger partial charge on any atom is 0.264 e. The molecule has 6 nitrogen and oxygen atoms in total. The first-order valence-electron chi connectivity index (χ1n) is 8.02. The predicted molar refractivity (Wildman–Crippen MR) is 97.7 cm³/mol. The third kappa shape index (κ3) is 2.39. The molecule has 0 spiro atoms. The lowest BCUT2D eigenvalue weighted by atomic mass is 9.88. The van der Waals surface area contributed by atoms with Gasteiger partial charge in [-0.3, -0.25) is 4.31 Å². The lowest BCUT2D eigenvalue weighted by Crippen LogP contribution is -2.37. The van der Waals surface area contributed by atoms with E-state index in [9.17, 15) is 18.1 Å². The molecule has 27 heavy (non-hydrogen) atoms. The van der Waals surface area contributed by atoms with Gasteiger partial charge in [-0.2, -0.15) is 5.26 Å². The maximum absolute atomic E-state index is 13.8. The fourth-order valence-electron chi connectivity index (χ4n) is 3.41. The summed E-state index contributed by atoms with van der Waals surface area (Å²) in [5.41, 5.74) is 7.14. The van der Waals surface area contributed by atoms with E-state index in [1.165, 1.54) is 25.2 Å². The minimum Gasteiger partial charge on any atom is -0.439 e. The van der Waals surface area contributed by atoms with Gasteiger partial charge in [-0.25, -0.2) is 12.8 Å². The molecule has 1 atom stereocenters. The van der Waals surface area contributed by atoms with E-state index in [-0.39, 0.29) is 22.1 Å². The molecule has 0 saturated heterocycles. The molecule has 0 saturated carbocycles. The second-order valence-electron chi connectivity index (χ2n) is 6.16. The molecule has 2 aromatic carbocycles. The topological polar surface area (TPSA) is 96.4 Å². The van der Waals surface area contributed by atoms with E-state index in [2.05, 4.69) is 0 Å². The van der Waals surface area contributed by atoms with Crippen LogP contribution in [0.1, 0.15) is 17.0 Å². The van der Waals surface area contributed by atoms with Gasteiger partial charge in [-0.05, 0) is 29.8 Å². The van der Waals surface area contributed by atoms with Crippen molar-refractivity contribution in [1.29, 1.82) is 5.26 Å². The van der Waals surface area contributed by atoms with Gasteiger partial charge in [-0.15, -0.1) is 0 Å². The van der Waals surface area contributed by atoms with Crippen LogP contribution in [0, 0.1) is 17.1 Å². The first-order chi connectivity index (χ1) is 12.9. The largest absolute Gasteiger partial charge is 0.439 e. The zero-order chi connectivity index (χ0) is 19.3. The molecular weight excluding hydrogens is 369 g/mol. The normalized spacial score (nSPS) is 20.5. The van der Waals surface area contributed by atoms with Crippen molar-refractivity contribution in [3.63, 3.8) is 0 Å². The Hall–Kier alpha value is -3.31. The number of allylic oxidation sites excluding steroid dienone is 2. The highest BCUT2D eigenvalue weighted by molar-refractivity contribution is 7.96. The number of para-hydroxylation sites is 1. The molecule has 2 heterocycles. The van der Waals surface area contributed by atoms with Crippen LogP contribution in [0.5, 0.6) is 0 Å². The number of anilines is 1. The fraction of sp³-hybridized carbons (Fsp3) is 0.105. The van der Waals surface area contributed by atoms with Crippen molar-refractivity contribution >= 4 is 21.5 Å². The average molecular weight is 383 g/mol. The third-order valence-corrected chi connectivity index (χ3v) is 6.58. The number of hydrogen-bond acceptors (Lipinski definition) is 5. The molecule has 0 radical (unpaired) electrons. The molecule has 8 heteroatoms. The number of fused-ring (bicyclic) bond motifs is 2. The van der Waals surface area contributed by atoms with Crippen LogP contribution in [0.2, 0.25) is 0 Å². The highest BCUT2D eigenvalue weighted by atomic mass is 32.2. The lowest BCUT2D eigenvalue weighted by molar-refractivity contribution is 0.357. The number of ether oxygens (including phenoxy) is 1. The summed E-state index contributed by atoms with van der Waals surface area (Å²) in [6.07, 6.45) is 0. The van der Waals surface area contributed by atoms with E-state index in [0.717, 1.165) is 4.31 Å². The second kappa shape index (κ2) is 5.86. The van der Waals surface area contributed by atoms with Crippen LogP contribution in [0.15, 0.2) is 64.9 Å². The summed E-state index contributed by atoms with van der Waals surface area (Å²) in [4.78, 5) is -0.125. The van der Waals surface area contributed by atoms with Crippen molar-refractivity contribution in [3.05, 3.63) is 81.8 Å². The van der Waals surface area contributed by atoms with E-state index in [0.29, 0.717) is 16.8 Å². The smallest absolute Gasteiger partial charge is 0.264 e. The predicted octanol–water partition coefficient (Wildman–Crippen LogP) is 2.78.